The third-order valence-electron chi connectivity index (χ3n) is 4.34. The summed E-state index contributed by atoms with van der Waals surface area (Å²) in [6, 6.07) is 8.84. The number of aromatic hydroxyl groups is 1. The molecule has 3 aromatic rings. The molecule has 1 aliphatic heterocycles. The first kappa shape index (κ1) is 15.7. The molecule has 0 fully saturated rings. The number of halogens is 2. The maximum Gasteiger partial charge on any atom is 0.219 e. The van der Waals surface area contributed by atoms with Crippen LogP contribution in [0.15, 0.2) is 42.6 Å². The van der Waals surface area contributed by atoms with E-state index >= 15 is 0 Å². The second-order valence-corrected chi connectivity index (χ2v) is 6.09. The number of nitrogens with zero attached hydrogens (tertiary/aromatic N) is 3. The van der Waals surface area contributed by atoms with Gasteiger partial charge in [-0.1, -0.05) is 6.07 Å². The molecule has 128 valence electrons. The minimum Gasteiger partial charge on any atom is -0.493 e. The van der Waals surface area contributed by atoms with Gasteiger partial charge in [0, 0.05) is 36.8 Å². The van der Waals surface area contributed by atoms with Crippen LogP contribution in [0.3, 0.4) is 0 Å². The van der Waals surface area contributed by atoms with Gasteiger partial charge in [-0.2, -0.15) is 9.78 Å². The number of pyridine rings is 1. The summed E-state index contributed by atoms with van der Waals surface area (Å²) >= 11 is 0. The van der Waals surface area contributed by atoms with Crippen LogP contribution in [0.4, 0.5) is 8.78 Å². The number of fused-ring (bicyclic) bond motifs is 1. The summed E-state index contributed by atoms with van der Waals surface area (Å²) in [6.07, 6.45) is 2.02. The number of aromatic nitrogens is 3. The van der Waals surface area contributed by atoms with Crippen molar-refractivity contribution in [2.45, 2.75) is 18.9 Å². The molecule has 3 heterocycles. The van der Waals surface area contributed by atoms with Crippen molar-refractivity contribution in [1.29, 1.82) is 0 Å². The lowest BCUT2D eigenvalue weighted by molar-refractivity contribution is 0.417. The maximum atomic E-state index is 13.5. The molecule has 5 nitrogen and oxygen atoms in total. The molecule has 0 radical (unpaired) electrons. The molecule has 1 unspecified atom stereocenters. The van der Waals surface area contributed by atoms with Crippen LogP contribution in [0.1, 0.15) is 22.7 Å². The van der Waals surface area contributed by atoms with E-state index in [1.807, 2.05) is 6.07 Å². The quantitative estimate of drug-likeness (QED) is 0.768. The normalized spacial score (nSPS) is 16.6. The van der Waals surface area contributed by atoms with E-state index in [1.54, 1.807) is 18.3 Å². The Morgan fingerprint density at radius 2 is 2.00 bits per heavy atom. The zero-order valence-electron chi connectivity index (χ0n) is 13.3. The Hall–Kier alpha value is -2.80. The van der Waals surface area contributed by atoms with Crippen LogP contribution in [0.5, 0.6) is 5.88 Å². The van der Waals surface area contributed by atoms with Crippen molar-refractivity contribution in [3.63, 3.8) is 0 Å². The van der Waals surface area contributed by atoms with Crippen molar-refractivity contribution in [3.8, 4) is 11.7 Å². The van der Waals surface area contributed by atoms with E-state index in [9.17, 15) is 13.9 Å². The van der Waals surface area contributed by atoms with Gasteiger partial charge in [-0.05, 0) is 36.2 Å². The van der Waals surface area contributed by atoms with Crippen LogP contribution in [0.2, 0.25) is 0 Å². The molecule has 0 saturated carbocycles. The van der Waals surface area contributed by atoms with E-state index in [2.05, 4.69) is 15.4 Å². The highest BCUT2D eigenvalue weighted by Gasteiger charge is 2.29. The minimum absolute atomic E-state index is 0.0251. The van der Waals surface area contributed by atoms with Gasteiger partial charge < -0.3 is 10.4 Å². The fraction of sp³-hybridized carbons (Fsp3) is 0.222. The zero-order valence-corrected chi connectivity index (χ0v) is 13.3. The van der Waals surface area contributed by atoms with Gasteiger partial charge in [0.1, 0.15) is 11.6 Å². The minimum atomic E-state index is -0.604. The number of nitrogens with one attached hydrogen (secondary N) is 1. The summed E-state index contributed by atoms with van der Waals surface area (Å²) in [4.78, 5) is 4.21. The summed E-state index contributed by atoms with van der Waals surface area (Å²) < 4.78 is 28.3. The monoisotopic (exact) mass is 342 g/mol. The van der Waals surface area contributed by atoms with Gasteiger partial charge in [0.2, 0.25) is 5.88 Å². The first-order chi connectivity index (χ1) is 12.1. The van der Waals surface area contributed by atoms with Gasteiger partial charge in [0.15, 0.2) is 5.82 Å². The topological polar surface area (TPSA) is 63.0 Å². The van der Waals surface area contributed by atoms with Crippen molar-refractivity contribution in [2.24, 2.45) is 0 Å². The fourth-order valence-corrected chi connectivity index (χ4v) is 3.31. The van der Waals surface area contributed by atoms with Crippen molar-refractivity contribution < 1.29 is 13.9 Å². The van der Waals surface area contributed by atoms with Crippen LogP contribution in [0, 0.1) is 11.6 Å². The number of hydrogen-bond donors (Lipinski definition) is 2. The molecule has 0 spiro atoms. The second-order valence-electron chi connectivity index (χ2n) is 6.09. The second kappa shape index (κ2) is 6.25. The van der Waals surface area contributed by atoms with Gasteiger partial charge in [0.05, 0.1) is 5.69 Å². The molecule has 1 atom stereocenters. The highest BCUT2D eigenvalue weighted by atomic mass is 19.1. The van der Waals surface area contributed by atoms with E-state index in [1.165, 1.54) is 16.8 Å². The van der Waals surface area contributed by atoms with Gasteiger partial charge in [-0.25, -0.2) is 13.8 Å². The molecular formula is C18H16F2N4O. The molecule has 0 saturated heterocycles. The van der Waals surface area contributed by atoms with Crippen LogP contribution in [0.25, 0.3) is 5.82 Å². The van der Waals surface area contributed by atoms with Gasteiger partial charge in [0.25, 0.3) is 0 Å². The van der Waals surface area contributed by atoms with Crippen molar-refractivity contribution in [2.75, 3.05) is 6.54 Å². The Labute approximate surface area is 143 Å². The molecule has 1 aliphatic rings. The van der Waals surface area contributed by atoms with Crippen LogP contribution in [-0.2, 0) is 13.0 Å². The Kier molecular flexibility index (Phi) is 3.93. The molecule has 0 amide bonds. The Morgan fingerprint density at radius 1 is 1.20 bits per heavy atom. The Morgan fingerprint density at radius 3 is 2.72 bits per heavy atom. The number of rotatable bonds is 3. The summed E-state index contributed by atoms with van der Waals surface area (Å²) in [6.45, 7) is 1.11. The van der Waals surface area contributed by atoms with Crippen molar-refractivity contribution >= 4 is 0 Å². The van der Waals surface area contributed by atoms with Crippen molar-refractivity contribution in [3.05, 3.63) is 71.1 Å². The molecule has 2 aromatic heterocycles. The van der Waals surface area contributed by atoms with Crippen LogP contribution in [-0.4, -0.2) is 26.4 Å². The molecule has 2 N–H and O–H groups in total. The van der Waals surface area contributed by atoms with Gasteiger partial charge in [-0.3, -0.25) is 0 Å². The largest absolute Gasteiger partial charge is 0.493 e. The summed E-state index contributed by atoms with van der Waals surface area (Å²) in [5.74, 6) is -0.802. The van der Waals surface area contributed by atoms with E-state index in [4.69, 9.17) is 0 Å². The summed E-state index contributed by atoms with van der Waals surface area (Å²) in [5.41, 5.74) is 1.97. The average Bonchev–Trinajstić information content (AvgIpc) is 2.93. The summed E-state index contributed by atoms with van der Waals surface area (Å²) in [5, 5.41) is 18.3. The number of benzene rings is 1. The smallest absolute Gasteiger partial charge is 0.219 e. The molecule has 1 aromatic carbocycles. The first-order valence-corrected chi connectivity index (χ1v) is 7.99. The van der Waals surface area contributed by atoms with Crippen LogP contribution >= 0.6 is 0 Å². The predicted molar refractivity (Wildman–Crippen MR) is 87.5 cm³/mol. The maximum absolute atomic E-state index is 13.5. The van der Waals surface area contributed by atoms with E-state index in [-0.39, 0.29) is 11.8 Å². The lowest BCUT2D eigenvalue weighted by Crippen LogP contribution is -2.29. The zero-order chi connectivity index (χ0) is 17.4. The fourth-order valence-electron chi connectivity index (χ4n) is 3.31. The Bertz CT molecular complexity index is 891. The predicted octanol–water partition coefficient (Wildman–Crippen LogP) is 2.68. The molecular weight excluding hydrogens is 326 g/mol. The van der Waals surface area contributed by atoms with Gasteiger partial charge in [-0.15, -0.1) is 0 Å². The summed E-state index contributed by atoms with van der Waals surface area (Å²) in [7, 11) is 0. The average molecular weight is 342 g/mol. The molecule has 0 aliphatic carbocycles. The lowest BCUT2D eigenvalue weighted by atomic mass is 9.89. The first-order valence-electron chi connectivity index (χ1n) is 7.99. The molecule has 4 rings (SSSR count). The number of hydrogen-bond acceptors (Lipinski definition) is 4. The van der Waals surface area contributed by atoms with Gasteiger partial charge >= 0.3 is 0 Å². The third kappa shape index (κ3) is 2.98. The van der Waals surface area contributed by atoms with Crippen LogP contribution < -0.4 is 5.32 Å². The third-order valence-corrected chi connectivity index (χ3v) is 4.34. The molecule has 0 bridgehead atoms. The van der Waals surface area contributed by atoms with E-state index < -0.39 is 11.6 Å². The Balaban J connectivity index is 1.71. The van der Waals surface area contributed by atoms with E-state index in [0.29, 0.717) is 36.5 Å². The van der Waals surface area contributed by atoms with Crippen molar-refractivity contribution in [1.82, 2.24) is 20.1 Å². The van der Waals surface area contributed by atoms with E-state index in [0.717, 1.165) is 11.8 Å². The molecule has 25 heavy (non-hydrogen) atoms. The molecule has 7 heteroatoms. The lowest BCUT2D eigenvalue weighted by Gasteiger charge is -2.22. The highest BCUT2D eigenvalue weighted by molar-refractivity contribution is 5.42. The standard InChI is InChI=1S/C18H16F2N4O/c19-13-6-11(7-14(20)8-13)5-12-9-21-10-15-17(12)18(25)24(23-15)16-3-1-2-4-22-16/h1-4,6-8,12,21,25H,5,9-10H2. The SMILES string of the molecule is Oc1c2c(nn1-c1ccccn1)CNCC2Cc1cc(F)cc(F)c1. The highest BCUT2D eigenvalue weighted by Crippen LogP contribution is 2.35.